The van der Waals surface area contributed by atoms with Gasteiger partial charge in [0.25, 0.3) is 0 Å². The molecule has 0 spiro atoms. The van der Waals surface area contributed by atoms with Gasteiger partial charge in [-0.3, -0.25) is 4.98 Å². The standard InChI is InChI=1S/C25H46N2/c1-21(2)10-6-11-22(3)12-7-13-23(4)14-8-15-24(5)17-19-27-25-16-9-18-26-20-25/h9,16,18,20-24,27H,6-8,10-15,17,19H2,1-5H3. The van der Waals surface area contributed by atoms with E-state index in [2.05, 4.69) is 51.0 Å². The van der Waals surface area contributed by atoms with Crippen LogP contribution in [0.5, 0.6) is 0 Å². The van der Waals surface area contributed by atoms with E-state index in [9.17, 15) is 0 Å². The molecule has 0 aromatic carbocycles. The fraction of sp³-hybridized carbons (Fsp3) is 0.800. The highest BCUT2D eigenvalue weighted by atomic mass is 14.9. The van der Waals surface area contributed by atoms with Crippen LogP contribution in [-0.2, 0) is 0 Å². The quantitative estimate of drug-likeness (QED) is 0.317. The molecule has 27 heavy (non-hydrogen) atoms. The maximum atomic E-state index is 4.15. The Labute approximate surface area is 169 Å². The van der Waals surface area contributed by atoms with E-state index < -0.39 is 0 Å². The zero-order valence-corrected chi connectivity index (χ0v) is 18.8. The molecule has 0 saturated carbocycles. The molecule has 0 aliphatic rings. The lowest BCUT2D eigenvalue weighted by molar-refractivity contribution is 0.376. The van der Waals surface area contributed by atoms with Crippen molar-refractivity contribution in [2.24, 2.45) is 23.7 Å². The fourth-order valence-electron chi connectivity index (χ4n) is 3.87. The van der Waals surface area contributed by atoms with Crippen molar-refractivity contribution in [1.29, 1.82) is 0 Å². The second-order valence-corrected chi connectivity index (χ2v) is 9.46. The number of pyridine rings is 1. The number of anilines is 1. The molecule has 2 heteroatoms. The van der Waals surface area contributed by atoms with E-state index in [1.165, 1.54) is 64.2 Å². The lowest BCUT2D eigenvalue weighted by Crippen LogP contribution is -2.07. The van der Waals surface area contributed by atoms with Crippen molar-refractivity contribution in [3.8, 4) is 0 Å². The maximum Gasteiger partial charge on any atom is 0.0526 e. The van der Waals surface area contributed by atoms with Crippen molar-refractivity contribution in [3.63, 3.8) is 0 Å². The normalized spacial score (nSPS) is 14.9. The van der Waals surface area contributed by atoms with Crippen molar-refractivity contribution in [1.82, 2.24) is 4.98 Å². The van der Waals surface area contributed by atoms with Gasteiger partial charge >= 0.3 is 0 Å². The van der Waals surface area contributed by atoms with E-state index in [-0.39, 0.29) is 0 Å². The first kappa shape index (κ1) is 24.0. The highest BCUT2D eigenvalue weighted by Gasteiger charge is 2.08. The minimum Gasteiger partial charge on any atom is -0.384 e. The van der Waals surface area contributed by atoms with Gasteiger partial charge in [-0.1, -0.05) is 92.4 Å². The molecule has 0 aliphatic heterocycles. The Kier molecular flexibility index (Phi) is 13.3. The number of rotatable bonds is 16. The van der Waals surface area contributed by atoms with Gasteiger partial charge in [-0.05, 0) is 42.2 Å². The molecule has 0 aliphatic carbocycles. The highest BCUT2D eigenvalue weighted by molar-refractivity contribution is 5.39. The first-order valence-electron chi connectivity index (χ1n) is 11.6. The Hall–Kier alpha value is -1.05. The van der Waals surface area contributed by atoms with Gasteiger partial charge in [-0.25, -0.2) is 0 Å². The second-order valence-electron chi connectivity index (χ2n) is 9.46. The highest BCUT2D eigenvalue weighted by Crippen LogP contribution is 2.22. The molecule has 1 aromatic heterocycles. The first-order chi connectivity index (χ1) is 13.0. The van der Waals surface area contributed by atoms with Crippen LogP contribution in [0.2, 0.25) is 0 Å². The Balaban J connectivity index is 1.97. The number of hydrogen-bond acceptors (Lipinski definition) is 2. The van der Waals surface area contributed by atoms with Crippen LogP contribution in [0.15, 0.2) is 24.5 Å². The molecule has 0 amide bonds. The van der Waals surface area contributed by atoms with Crippen LogP contribution in [0.3, 0.4) is 0 Å². The molecule has 1 rings (SSSR count). The van der Waals surface area contributed by atoms with Gasteiger partial charge in [-0.2, -0.15) is 0 Å². The molecule has 1 aromatic rings. The third-order valence-electron chi connectivity index (χ3n) is 5.89. The Morgan fingerprint density at radius 2 is 1.26 bits per heavy atom. The number of hydrogen-bond donors (Lipinski definition) is 1. The van der Waals surface area contributed by atoms with E-state index in [4.69, 9.17) is 0 Å². The molecule has 3 unspecified atom stereocenters. The van der Waals surface area contributed by atoms with E-state index in [1.807, 2.05) is 18.5 Å². The summed E-state index contributed by atoms with van der Waals surface area (Å²) in [6.45, 7) is 13.0. The second kappa shape index (κ2) is 14.9. The fourth-order valence-corrected chi connectivity index (χ4v) is 3.87. The number of nitrogens with one attached hydrogen (secondary N) is 1. The van der Waals surface area contributed by atoms with E-state index >= 15 is 0 Å². The largest absolute Gasteiger partial charge is 0.384 e. The van der Waals surface area contributed by atoms with Crippen LogP contribution < -0.4 is 5.32 Å². The van der Waals surface area contributed by atoms with Gasteiger partial charge in [0, 0.05) is 18.9 Å². The van der Waals surface area contributed by atoms with E-state index in [0.29, 0.717) is 0 Å². The Morgan fingerprint density at radius 3 is 1.74 bits per heavy atom. The Morgan fingerprint density at radius 1 is 0.741 bits per heavy atom. The molecule has 0 saturated heterocycles. The average molecular weight is 375 g/mol. The molecule has 156 valence electrons. The minimum atomic E-state index is 0.808. The zero-order chi connectivity index (χ0) is 19.9. The van der Waals surface area contributed by atoms with Crippen molar-refractivity contribution in [3.05, 3.63) is 24.5 Å². The third-order valence-corrected chi connectivity index (χ3v) is 5.89. The smallest absolute Gasteiger partial charge is 0.0526 e. The molecule has 0 bridgehead atoms. The maximum absolute atomic E-state index is 4.15. The summed E-state index contributed by atoms with van der Waals surface area (Å²) in [7, 11) is 0. The van der Waals surface area contributed by atoms with Crippen molar-refractivity contribution in [2.75, 3.05) is 11.9 Å². The molecule has 1 N–H and O–H groups in total. The van der Waals surface area contributed by atoms with Gasteiger partial charge in [0.1, 0.15) is 0 Å². The van der Waals surface area contributed by atoms with Crippen molar-refractivity contribution >= 4 is 5.69 Å². The molecular formula is C25H46N2. The number of aromatic nitrogens is 1. The monoisotopic (exact) mass is 374 g/mol. The molecular weight excluding hydrogens is 328 g/mol. The van der Waals surface area contributed by atoms with Gasteiger partial charge in [0.2, 0.25) is 0 Å². The lowest BCUT2D eigenvalue weighted by atomic mass is 9.91. The van der Waals surface area contributed by atoms with Gasteiger partial charge in [-0.15, -0.1) is 0 Å². The van der Waals surface area contributed by atoms with Gasteiger partial charge < -0.3 is 5.32 Å². The first-order valence-corrected chi connectivity index (χ1v) is 11.6. The molecule has 1 heterocycles. The topological polar surface area (TPSA) is 24.9 Å². The van der Waals surface area contributed by atoms with Crippen molar-refractivity contribution < 1.29 is 0 Å². The predicted molar refractivity (Wildman–Crippen MR) is 121 cm³/mol. The summed E-state index contributed by atoms with van der Waals surface area (Å²) < 4.78 is 0. The van der Waals surface area contributed by atoms with Crippen LogP contribution in [-0.4, -0.2) is 11.5 Å². The van der Waals surface area contributed by atoms with Gasteiger partial charge in [0.05, 0.1) is 5.69 Å². The summed E-state index contributed by atoms with van der Waals surface area (Å²) in [4.78, 5) is 4.15. The Bertz CT molecular complexity index is 443. The summed E-state index contributed by atoms with van der Waals surface area (Å²) >= 11 is 0. The summed E-state index contributed by atoms with van der Waals surface area (Å²) in [5.41, 5.74) is 1.14. The SMILES string of the molecule is CC(C)CCCC(C)CCCC(C)CCCC(C)CCNc1cccnc1. The third kappa shape index (κ3) is 13.7. The summed E-state index contributed by atoms with van der Waals surface area (Å²) in [5.74, 6) is 3.49. The van der Waals surface area contributed by atoms with Crippen LogP contribution in [0.4, 0.5) is 5.69 Å². The van der Waals surface area contributed by atoms with E-state index in [0.717, 1.165) is 35.9 Å². The summed E-state index contributed by atoms with van der Waals surface area (Å²) in [6.07, 6.45) is 17.7. The summed E-state index contributed by atoms with van der Waals surface area (Å²) in [5, 5.41) is 3.47. The zero-order valence-electron chi connectivity index (χ0n) is 18.8. The van der Waals surface area contributed by atoms with Gasteiger partial charge in [0.15, 0.2) is 0 Å². The van der Waals surface area contributed by atoms with Crippen molar-refractivity contribution in [2.45, 2.75) is 98.8 Å². The van der Waals surface area contributed by atoms with Crippen LogP contribution >= 0.6 is 0 Å². The molecule has 0 fully saturated rings. The molecule has 0 radical (unpaired) electrons. The summed E-state index contributed by atoms with van der Waals surface area (Å²) in [6, 6.07) is 4.07. The minimum absolute atomic E-state index is 0.808. The van der Waals surface area contributed by atoms with Crippen LogP contribution in [0, 0.1) is 23.7 Å². The number of nitrogens with zero attached hydrogens (tertiary/aromatic N) is 1. The van der Waals surface area contributed by atoms with Crippen LogP contribution in [0.25, 0.3) is 0 Å². The molecule has 2 nitrogen and oxygen atoms in total. The predicted octanol–water partition coefficient (Wildman–Crippen LogP) is 7.96. The molecule has 3 atom stereocenters. The van der Waals surface area contributed by atoms with Crippen LogP contribution in [0.1, 0.15) is 98.8 Å². The lowest BCUT2D eigenvalue weighted by Gasteiger charge is -2.16. The van der Waals surface area contributed by atoms with E-state index in [1.54, 1.807) is 0 Å². The average Bonchev–Trinajstić information content (AvgIpc) is 2.62.